The van der Waals surface area contributed by atoms with Crippen molar-refractivity contribution in [3.63, 3.8) is 0 Å². The van der Waals surface area contributed by atoms with Crippen molar-refractivity contribution in [3.05, 3.63) is 64.2 Å². The zero-order valence-electron chi connectivity index (χ0n) is 23.7. The lowest BCUT2D eigenvalue weighted by Crippen LogP contribution is -2.31. The van der Waals surface area contributed by atoms with Crippen LogP contribution < -0.4 is 14.2 Å². The Morgan fingerprint density at radius 2 is 1.73 bits per heavy atom. The SMILES string of the molecule is COc1cc2c(c3c1-c1cc(CC(C)C)c(O)cc1CC3)CC(O)C(c1ccc(O)c(OC3CCCCC3)c1)O2. The lowest BCUT2D eigenvalue weighted by Gasteiger charge is -2.35. The van der Waals surface area contributed by atoms with E-state index in [4.69, 9.17) is 14.2 Å². The van der Waals surface area contributed by atoms with Gasteiger partial charge in [0, 0.05) is 23.6 Å². The number of phenolic OH excluding ortho intramolecular Hbond substituents is 2. The molecule has 3 aliphatic rings. The highest BCUT2D eigenvalue weighted by molar-refractivity contribution is 5.82. The molecule has 0 radical (unpaired) electrons. The van der Waals surface area contributed by atoms with Gasteiger partial charge in [0.15, 0.2) is 11.5 Å². The second kappa shape index (κ2) is 10.9. The fourth-order valence-corrected chi connectivity index (χ4v) is 6.75. The maximum atomic E-state index is 11.4. The number of aromatic hydroxyl groups is 2. The number of aliphatic hydroxyl groups excluding tert-OH is 1. The molecule has 3 aromatic carbocycles. The van der Waals surface area contributed by atoms with Crippen LogP contribution in [0, 0.1) is 5.92 Å². The predicted molar refractivity (Wildman–Crippen MR) is 155 cm³/mol. The van der Waals surface area contributed by atoms with Gasteiger partial charge in [0.05, 0.1) is 19.3 Å². The first-order valence-corrected chi connectivity index (χ1v) is 14.7. The third kappa shape index (κ3) is 4.98. The summed E-state index contributed by atoms with van der Waals surface area (Å²) in [6.45, 7) is 4.30. The van der Waals surface area contributed by atoms with Crippen LogP contribution in [0.1, 0.15) is 79.9 Å². The first kappa shape index (κ1) is 26.8. The molecule has 212 valence electrons. The van der Waals surface area contributed by atoms with Crippen LogP contribution in [0.15, 0.2) is 36.4 Å². The average Bonchev–Trinajstić information content (AvgIpc) is 2.94. The maximum absolute atomic E-state index is 11.4. The van der Waals surface area contributed by atoms with Gasteiger partial charge < -0.3 is 29.5 Å². The van der Waals surface area contributed by atoms with Crippen molar-refractivity contribution in [1.82, 2.24) is 0 Å². The number of ether oxygens (including phenoxy) is 3. The molecule has 0 saturated heterocycles. The van der Waals surface area contributed by atoms with E-state index in [0.29, 0.717) is 23.8 Å². The molecule has 1 saturated carbocycles. The van der Waals surface area contributed by atoms with Crippen molar-refractivity contribution in [2.24, 2.45) is 5.92 Å². The Bertz CT molecular complexity index is 1400. The smallest absolute Gasteiger partial charge is 0.161 e. The third-order valence-corrected chi connectivity index (χ3v) is 8.71. The molecule has 3 aromatic rings. The number of rotatable bonds is 6. The number of hydrogen-bond donors (Lipinski definition) is 3. The van der Waals surface area contributed by atoms with Crippen molar-refractivity contribution >= 4 is 0 Å². The Morgan fingerprint density at radius 3 is 2.48 bits per heavy atom. The van der Waals surface area contributed by atoms with Gasteiger partial charge in [0.1, 0.15) is 23.4 Å². The average molecular weight is 545 g/mol. The highest BCUT2D eigenvalue weighted by Gasteiger charge is 2.35. The summed E-state index contributed by atoms with van der Waals surface area (Å²) in [5.41, 5.74) is 7.12. The van der Waals surface area contributed by atoms with Crippen LogP contribution in [0.5, 0.6) is 28.7 Å². The molecule has 0 bridgehead atoms. The summed E-state index contributed by atoms with van der Waals surface area (Å²) in [6.07, 6.45) is 7.10. The molecule has 0 spiro atoms. The molecule has 1 fully saturated rings. The second-order valence-electron chi connectivity index (χ2n) is 12.1. The molecule has 1 heterocycles. The van der Waals surface area contributed by atoms with Crippen LogP contribution in [-0.2, 0) is 25.7 Å². The van der Waals surface area contributed by atoms with Crippen molar-refractivity contribution in [1.29, 1.82) is 0 Å². The minimum Gasteiger partial charge on any atom is -0.508 e. The van der Waals surface area contributed by atoms with E-state index in [2.05, 4.69) is 19.9 Å². The van der Waals surface area contributed by atoms with Gasteiger partial charge in [-0.25, -0.2) is 0 Å². The van der Waals surface area contributed by atoms with Crippen LogP contribution in [0.4, 0.5) is 0 Å². The molecule has 6 heteroatoms. The lowest BCUT2D eigenvalue weighted by molar-refractivity contribution is 0.0201. The van der Waals surface area contributed by atoms with Gasteiger partial charge in [0.2, 0.25) is 0 Å². The van der Waals surface area contributed by atoms with Crippen molar-refractivity contribution in [3.8, 4) is 39.9 Å². The first-order valence-electron chi connectivity index (χ1n) is 14.7. The molecule has 6 rings (SSSR count). The molecule has 0 amide bonds. The summed E-state index contributed by atoms with van der Waals surface area (Å²) >= 11 is 0. The molecule has 2 unspecified atom stereocenters. The number of fused-ring (bicyclic) bond motifs is 5. The monoisotopic (exact) mass is 544 g/mol. The van der Waals surface area contributed by atoms with Crippen LogP contribution in [0.2, 0.25) is 0 Å². The molecule has 2 aliphatic carbocycles. The highest BCUT2D eigenvalue weighted by atomic mass is 16.5. The third-order valence-electron chi connectivity index (χ3n) is 8.71. The number of aliphatic hydroxyl groups is 1. The summed E-state index contributed by atoms with van der Waals surface area (Å²) in [6, 6.07) is 11.2. The fraction of sp³-hybridized carbons (Fsp3) is 0.471. The largest absolute Gasteiger partial charge is 0.508 e. The highest BCUT2D eigenvalue weighted by Crippen LogP contribution is 2.50. The van der Waals surface area contributed by atoms with E-state index in [9.17, 15) is 15.3 Å². The molecule has 1 aliphatic heterocycles. The van der Waals surface area contributed by atoms with Crippen molar-refractivity contribution in [2.45, 2.75) is 89.9 Å². The summed E-state index contributed by atoms with van der Waals surface area (Å²) in [5.74, 6) is 2.79. The Morgan fingerprint density at radius 1 is 0.925 bits per heavy atom. The molecule has 6 nitrogen and oxygen atoms in total. The van der Waals surface area contributed by atoms with E-state index in [-0.39, 0.29) is 11.9 Å². The number of hydrogen-bond acceptors (Lipinski definition) is 6. The fourth-order valence-electron chi connectivity index (χ4n) is 6.75. The van der Waals surface area contributed by atoms with E-state index in [0.717, 1.165) is 95.4 Å². The minimum atomic E-state index is -0.755. The van der Waals surface area contributed by atoms with Crippen LogP contribution in [0.3, 0.4) is 0 Å². The minimum absolute atomic E-state index is 0.106. The van der Waals surface area contributed by atoms with Gasteiger partial charge in [-0.2, -0.15) is 0 Å². The Labute approximate surface area is 236 Å². The summed E-state index contributed by atoms with van der Waals surface area (Å²) in [5, 5.41) is 32.5. The number of phenols is 2. The van der Waals surface area contributed by atoms with Crippen LogP contribution >= 0.6 is 0 Å². The summed E-state index contributed by atoms with van der Waals surface area (Å²) in [4.78, 5) is 0. The van der Waals surface area contributed by atoms with E-state index in [1.807, 2.05) is 18.2 Å². The zero-order valence-corrected chi connectivity index (χ0v) is 23.7. The first-order chi connectivity index (χ1) is 19.3. The van der Waals surface area contributed by atoms with Gasteiger partial charge >= 0.3 is 0 Å². The molecule has 40 heavy (non-hydrogen) atoms. The molecule has 0 aromatic heterocycles. The van der Waals surface area contributed by atoms with E-state index >= 15 is 0 Å². The maximum Gasteiger partial charge on any atom is 0.161 e. The summed E-state index contributed by atoms with van der Waals surface area (Å²) < 4.78 is 18.6. The quantitative estimate of drug-likeness (QED) is 0.316. The van der Waals surface area contributed by atoms with Gasteiger partial charge in [-0.15, -0.1) is 0 Å². The number of benzene rings is 3. The van der Waals surface area contributed by atoms with Gasteiger partial charge in [-0.1, -0.05) is 26.3 Å². The molecule has 3 N–H and O–H groups in total. The van der Waals surface area contributed by atoms with Crippen molar-refractivity contribution < 1.29 is 29.5 Å². The van der Waals surface area contributed by atoms with Gasteiger partial charge in [0.25, 0.3) is 0 Å². The molecular formula is C34H40O6. The topological polar surface area (TPSA) is 88.4 Å². The Balaban J connectivity index is 1.35. The molecule has 2 atom stereocenters. The van der Waals surface area contributed by atoms with Crippen LogP contribution in [-0.4, -0.2) is 34.6 Å². The Hall–Kier alpha value is -3.38. The Kier molecular flexibility index (Phi) is 7.30. The van der Waals surface area contributed by atoms with Gasteiger partial charge in [-0.3, -0.25) is 0 Å². The lowest BCUT2D eigenvalue weighted by atomic mass is 9.79. The van der Waals surface area contributed by atoms with Crippen LogP contribution in [0.25, 0.3) is 11.1 Å². The standard InChI is InChI=1S/C34H40O6/c1-19(2)13-22-14-25-20(15-28(22)36)9-11-24-26-17-29(37)34(40-30(26)18-32(38-3)33(24)25)21-10-12-27(35)31(16-21)39-23-7-5-4-6-8-23/h10,12,14-16,18-19,23,29,34-37H,4-9,11,13,17H2,1-3H3. The number of methoxy groups -OCH3 is 1. The van der Waals surface area contributed by atoms with Crippen molar-refractivity contribution in [2.75, 3.05) is 7.11 Å². The van der Waals surface area contributed by atoms with E-state index in [1.54, 1.807) is 19.2 Å². The number of aryl methyl sites for hydroxylation is 1. The predicted octanol–water partition coefficient (Wildman–Crippen LogP) is 6.82. The van der Waals surface area contributed by atoms with E-state index < -0.39 is 12.2 Å². The second-order valence-corrected chi connectivity index (χ2v) is 12.1. The zero-order chi connectivity index (χ0) is 28.0. The van der Waals surface area contributed by atoms with Gasteiger partial charge in [-0.05, 0) is 103 Å². The summed E-state index contributed by atoms with van der Waals surface area (Å²) in [7, 11) is 1.68. The molecular weight excluding hydrogens is 504 g/mol. The normalized spacial score (nSPS) is 20.3. The van der Waals surface area contributed by atoms with E-state index in [1.165, 1.54) is 6.42 Å².